The van der Waals surface area contributed by atoms with E-state index in [1.54, 1.807) is 17.0 Å². The molecule has 3 N–H and O–H groups in total. The molecule has 0 aliphatic rings. The number of nitrogens with zero attached hydrogens (tertiary/aromatic N) is 1. The summed E-state index contributed by atoms with van der Waals surface area (Å²) in [7, 11) is 1.82. The summed E-state index contributed by atoms with van der Waals surface area (Å²) in [4.78, 5) is 14.3. The Balaban J connectivity index is 2.15. The zero-order valence-electron chi connectivity index (χ0n) is 12.7. The van der Waals surface area contributed by atoms with Crippen LogP contribution >= 0.6 is 0 Å². The second kappa shape index (κ2) is 6.41. The van der Waals surface area contributed by atoms with Crippen LogP contribution in [0.25, 0.3) is 0 Å². The van der Waals surface area contributed by atoms with Crippen LogP contribution in [0.2, 0.25) is 0 Å². The number of rotatable bonds is 4. The summed E-state index contributed by atoms with van der Waals surface area (Å²) < 4.78 is 0. The van der Waals surface area contributed by atoms with E-state index in [2.05, 4.69) is 11.5 Å². The zero-order chi connectivity index (χ0) is 15.4. The topological polar surface area (TPSA) is 58.4 Å². The maximum Gasteiger partial charge on any atom is 0.254 e. The van der Waals surface area contributed by atoms with Gasteiger partial charge in [0.15, 0.2) is 0 Å². The Morgan fingerprint density at radius 1 is 1.19 bits per heavy atom. The van der Waals surface area contributed by atoms with E-state index < -0.39 is 0 Å². The van der Waals surface area contributed by atoms with Gasteiger partial charge in [-0.05, 0) is 43.2 Å². The molecular weight excluding hydrogens is 262 g/mol. The fraction of sp³-hybridized carbons (Fsp3) is 0.235. The van der Waals surface area contributed by atoms with Crippen LogP contribution in [0.15, 0.2) is 42.5 Å². The Bertz CT molecular complexity index is 652. The number of hydrogen-bond donors (Lipinski definition) is 2. The van der Waals surface area contributed by atoms with Crippen molar-refractivity contribution in [2.45, 2.75) is 20.4 Å². The van der Waals surface area contributed by atoms with Gasteiger partial charge in [0.1, 0.15) is 0 Å². The Kier molecular flexibility index (Phi) is 4.60. The molecule has 0 atom stereocenters. The fourth-order valence-electron chi connectivity index (χ4n) is 2.36. The molecule has 0 radical (unpaired) electrons. The van der Waals surface area contributed by atoms with E-state index in [1.165, 1.54) is 5.56 Å². The summed E-state index contributed by atoms with van der Waals surface area (Å²) in [6.07, 6.45) is 0. The van der Waals surface area contributed by atoms with Crippen molar-refractivity contribution in [2.24, 2.45) is 5.84 Å². The van der Waals surface area contributed by atoms with Crippen molar-refractivity contribution in [3.63, 3.8) is 0 Å². The van der Waals surface area contributed by atoms with Gasteiger partial charge in [-0.3, -0.25) is 10.6 Å². The van der Waals surface area contributed by atoms with Crippen molar-refractivity contribution in [1.82, 2.24) is 4.90 Å². The molecule has 0 aromatic heterocycles. The molecule has 0 fully saturated rings. The summed E-state index contributed by atoms with van der Waals surface area (Å²) in [5.41, 5.74) is 7.31. The van der Waals surface area contributed by atoms with Crippen molar-refractivity contribution in [3.05, 3.63) is 64.7 Å². The van der Waals surface area contributed by atoms with E-state index in [9.17, 15) is 4.79 Å². The van der Waals surface area contributed by atoms with Crippen LogP contribution in [0.4, 0.5) is 5.69 Å². The highest BCUT2D eigenvalue weighted by atomic mass is 16.2. The number of aryl methyl sites for hydroxylation is 2. The van der Waals surface area contributed by atoms with Crippen LogP contribution in [-0.4, -0.2) is 17.9 Å². The van der Waals surface area contributed by atoms with Gasteiger partial charge in [-0.1, -0.05) is 29.8 Å². The number of amides is 1. The van der Waals surface area contributed by atoms with Gasteiger partial charge in [-0.2, -0.15) is 0 Å². The third-order valence-electron chi connectivity index (χ3n) is 3.47. The van der Waals surface area contributed by atoms with E-state index >= 15 is 0 Å². The van der Waals surface area contributed by atoms with Crippen molar-refractivity contribution >= 4 is 11.6 Å². The zero-order valence-corrected chi connectivity index (χ0v) is 12.7. The number of nitrogens with two attached hydrogens (primary N) is 1. The van der Waals surface area contributed by atoms with Gasteiger partial charge >= 0.3 is 0 Å². The number of carbonyl (C=O) groups excluding carboxylic acids is 1. The highest BCUT2D eigenvalue weighted by Crippen LogP contribution is 2.17. The van der Waals surface area contributed by atoms with Crippen LogP contribution in [-0.2, 0) is 6.54 Å². The summed E-state index contributed by atoms with van der Waals surface area (Å²) >= 11 is 0. The summed E-state index contributed by atoms with van der Waals surface area (Å²) in [6, 6.07) is 13.7. The lowest BCUT2D eigenvalue weighted by atomic mass is 10.1. The van der Waals surface area contributed by atoms with E-state index in [0.717, 1.165) is 16.8 Å². The molecule has 0 heterocycles. The van der Waals surface area contributed by atoms with Gasteiger partial charge in [-0.15, -0.1) is 0 Å². The molecule has 2 rings (SSSR count). The minimum atomic E-state index is 0.0116. The molecule has 0 spiro atoms. The standard InChI is InChI=1S/C17H21N3O/c1-12-5-4-6-14(9-12)11-20(3)17(21)16-8-7-15(19-18)10-13(16)2/h4-10,19H,11,18H2,1-3H3. The number of anilines is 1. The van der Waals surface area contributed by atoms with Crippen LogP contribution in [0.5, 0.6) is 0 Å². The first-order valence-electron chi connectivity index (χ1n) is 6.89. The van der Waals surface area contributed by atoms with Crippen molar-refractivity contribution < 1.29 is 4.79 Å². The molecule has 4 heteroatoms. The summed E-state index contributed by atoms with van der Waals surface area (Å²) in [5, 5.41) is 0. The average Bonchev–Trinajstić information content (AvgIpc) is 2.46. The first kappa shape index (κ1) is 15.1. The second-order valence-corrected chi connectivity index (χ2v) is 5.32. The van der Waals surface area contributed by atoms with Gasteiger partial charge < -0.3 is 10.3 Å². The molecule has 21 heavy (non-hydrogen) atoms. The highest BCUT2D eigenvalue weighted by Gasteiger charge is 2.14. The molecule has 0 saturated heterocycles. The van der Waals surface area contributed by atoms with Crippen LogP contribution in [0, 0.1) is 13.8 Å². The lowest BCUT2D eigenvalue weighted by Crippen LogP contribution is -2.27. The minimum absolute atomic E-state index is 0.0116. The first-order valence-corrected chi connectivity index (χ1v) is 6.89. The van der Waals surface area contributed by atoms with Crippen LogP contribution in [0.1, 0.15) is 27.0 Å². The van der Waals surface area contributed by atoms with E-state index in [0.29, 0.717) is 12.1 Å². The molecule has 110 valence electrons. The number of nitrogen functional groups attached to an aromatic ring is 1. The van der Waals surface area contributed by atoms with E-state index in [-0.39, 0.29) is 5.91 Å². The third kappa shape index (κ3) is 3.61. The maximum absolute atomic E-state index is 12.5. The maximum atomic E-state index is 12.5. The van der Waals surface area contributed by atoms with Gasteiger partial charge in [0.05, 0.1) is 0 Å². The Morgan fingerprint density at radius 2 is 1.95 bits per heavy atom. The van der Waals surface area contributed by atoms with Crippen LogP contribution in [0.3, 0.4) is 0 Å². The summed E-state index contributed by atoms with van der Waals surface area (Å²) in [5.74, 6) is 5.39. The Labute approximate surface area is 125 Å². The van der Waals surface area contributed by atoms with Gasteiger partial charge in [-0.25, -0.2) is 0 Å². The molecule has 2 aromatic rings. The predicted octanol–water partition coefficient (Wildman–Crippen LogP) is 2.86. The SMILES string of the molecule is Cc1cccc(CN(C)C(=O)c2ccc(NN)cc2C)c1. The van der Waals surface area contributed by atoms with Crippen molar-refractivity contribution in [1.29, 1.82) is 0 Å². The largest absolute Gasteiger partial charge is 0.337 e. The normalized spacial score (nSPS) is 10.3. The van der Waals surface area contributed by atoms with Crippen molar-refractivity contribution in [3.8, 4) is 0 Å². The van der Waals surface area contributed by atoms with E-state index in [4.69, 9.17) is 5.84 Å². The molecule has 4 nitrogen and oxygen atoms in total. The molecule has 2 aromatic carbocycles. The molecule has 0 aliphatic carbocycles. The molecular formula is C17H21N3O. The number of benzene rings is 2. The van der Waals surface area contributed by atoms with E-state index in [1.807, 2.05) is 45.2 Å². The number of hydrogen-bond acceptors (Lipinski definition) is 3. The van der Waals surface area contributed by atoms with Gasteiger partial charge in [0, 0.05) is 24.8 Å². The second-order valence-electron chi connectivity index (χ2n) is 5.32. The third-order valence-corrected chi connectivity index (χ3v) is 3.47. The van der Waals surface area contributed by atoms with Gasteiger partial charge in [0.25, 0.3) is 5.91 Å². The predicted molar refractivity (Wildman–Crippen MR) is 86.0 cm³/mol. The van der Waals surface area contributed by atoms with Crippen molar-refractivity contribution in [2.75, 3.05) is 12.5 Å². The number of hydrazine groups is 1. The summed E-state index contributed by atoms with van der Waals surface area (Å²) in [6.45, 7) is 4.55. The lowest BCUT2D eigenvalue weighted by molar-refractivity contribution is 0.0784. The fourth-order valence-corrected chi connectivity index (χ4v) is 2.36. The molecule has 0 unspecified atom stereocenters. The minimum Gasteiger partial charge on any atom is -0.337 e. The Hall–Kier alpha value is -2.33. The molecule has 0 saturated carbocycles. The quantitative estimate of drug-likeness (QED) is 0.670. The average molecular weight is 283 g/mol. The molecule has 0 aliphatic heterocycles. The lowest BCUT2D eigenvalue weighted by Gasteiger charge is -2.19. The molecule has 0 bridgehead atoms. The first-order chi connectivity index (χ1) is 10.0. The highest BCUT2D eigenvalue weighted by molar-refractivity contribution is 5.95. The van der Waals surface area contributed by atoms with Gasteiger partial charge in [0.2, 0.25) is 0 Å². The Morgan fingerprint density at radius 3 is 2.57 bits per heavy atom. The number of nitrogens with one attached hydrogen (secondary N) is 1. The smallest absolute Gasteiger partial charge is 0.254 e. The molecule has 1 amide bonds. The number of carbonyl (C=O) groups is 1. The monoisotopic (exact) mass is 283 g/mol. The van der Waals surface area contributed by atoms with Crippen LogP contribution < -0.4 is 11.3 Å².